The molecule has 0 saturated carbocycles. The van der Waals surface area contributed by atoms with Crippen LogP contribution in [0.4, 0.5) is 11.4 Å². The minimum absolute atomic E-state index is 0.182. The summed E-state index contributed by atoms with van der Waals surface area (Å²) in [4.78, 5) is 18.2. The molecule has 1 amide bonds. The summed E-state index contributed by atoms with van der Waals surface area (Å²) < 4.78 is 0. The number of nitrogens with one attached hydrogen (secondary N) is 1. The van der Waals surface area contributed by atoms with Gasteiger partial charge < -0.3 is 19.8 Å². The zero-order chi connectivity index (χ0) is 17.6. The van der Waals surface area contributed by atoms with Crippen LogP contribution in [-0.2, 0) is 4.79 Å². The molecule has 5 nitrogen and oxygen atoms in total. The van der Waals surface area contributed by atoms with E-state index in [9.17, 15) is 9.90 Å². The SMILES string of the molecule is CCN(C(=O)C[NH+]1CCN(c2ccc(O)cc2)CC1)c1ccccc1. The zero-order valence-corrected chi connectivity index (χ0v) is 14.7. The minimum atomic E-state index is 0.182. The van der Waals surface area contributed by atoms with E-state index < -0.39 is 0 Å². The van der Waals surface area contributed by atoms with E-state index in [1.165, 1.54) is 4.90 Å². The molecule has 2 aromatic rings. The van der Waals surface area contributed by atoms with Gasteiger partial charge in [0.2, 0.25) is 0 Å². The Kier molecular flexibility index (Phi) is 5.56. The molecule has 1 aliphatic heterocycles. The van der Waals surface area contributed by atoms with Gasteiger partial charge in [0.1, 0.15) is 5.75 Å². The molecule has 1 saturated heterocycles. The zero-order valence-electron chi connectivity index (χ0n) is 14.7. The molecule has 0 atom stereocenters. The normalized spacial score (nSPS) is 15.2. The molecule has 0 spiro atoms. The molecule has 0 aliphatic carbocycles. The maximum Gasteiger partial charge on any atom is 0.282 e. The first kappa shape index (κ1) is 17.3. The highest BCUT2D eigenvalue weighted by molar-refractivity contribution is 5.93. The largest absolute Gasteiger partial charge is 0.508 e. The number of phenols is 1. The molecule has 3 rings (SSSR count). The van der Waals surface area contributed by atoms with Gasteiger partial charge in [0.15, 0.2) is 6.54 Å². The molecule has 5 heteroatoms. The number of rotatable bonds is 5. The van der Waals surface area contributed by atoms with Crippen molar-refractivity contribution in [2.45, 2.75) is 6.92 Å². The van der Waals surface area contributed by atoms with Crippen LogP contribution in [0.1, 0.15) is 6.92 Å². The van der Waals surface area contributed by atoms with Gasteiger partial charge in [-0.15, -0.1) is 0 Å². The number of para-hydroxylation sites is 1. The predicted octanol–water partition coefficient (Wildman–Crippen LogP) is 1.15. The number of carbonyl (C=O) groups excluding carboxylic acids is 1. The number of aromatic hydroxyl groups is 1. The van der Waals surface area contributed by atoms with Crippen molar-refractivity contribution in [1.29, 1.82) is 0 Å². The van der Waals surface area contributed by atoms with Crippen molar-refractivity contribution in [1.82, 2.24) is 0 Å². The Morgan fingerprint density at radius 3 is 2.32 bits per heavy atom. The Balaban J connectivity index is 1.54. The third-order valence-corrected chi connectivity index (χ3v) is 4.77. The standard InChI is InChI=1S/C20H25N3O2/c1-2-23(18-6-4-3-5-7-18)20(25)16-21-12-14-22(15-13-21)17-8-10-19(24)11-9-17/h3-11,24H,2,12-16H2,1H3/p+1. The predicted molar refractivity (Wildman–Crippen MR) is 100 cm³/mol. The summed E-state index contributed by atoms with van der Waals surface area (Å²) in [6, 6.07) is 17.2. The molecule has 0 bridgehead atoms. The number of nitrogens with zero attached hydrogens (tertiary/aromatic N) is 2. The van der Waals surface area contributed by atoms with Crippen molar-refractivity contribution in [2.75, 3.05) is 49.1 Å². The topological polar surface area (TPSA) is 48.2 Å². The Morgan fingerprint density at radius 1 is 1.08 bits per heavy atom. The smallest absolute Gasteiger partial charge is 0.282 e. The lowest BCUT2D eigenvalue weighted by atomic mass is 10.2. The van der Waals surface area contributed by atoms with Crippen LogP contribution in [0, 0.1) is 0 Å². The maximum atomic E-state index is 12.7. The molecule has 1 heterocycles. The third-order valence-electron chi connectivity index (χ3n) is 4.77. The van der Waals surface area contributed by atoms with E-state index in [2.05, 4.69) is 4.90 Å². The van der Waals surface area contributed by atoms with Crippen LogP contribution in [0.5, 0.6) is 5.75 Å². The van der Waals surface area contributed by atoms with E-state index in [4.69, 9.17) is 0 Å². The average Bonchev–Trinajstić information content (AvgIpc) is 2.65. The van der Waals surface area contributed by atoms with Crippen LogP contribution in [0.25, 0.3) is 0 Å². The Labute approximate surface area is 149 Å². The van der Waals surface area contributed by atoms with Gasteiger partial charge >= 0.3 is 0 Å². The Hall–Kier alpha value is -2.53. The van der Waals surface area contributed by atoms with Crippen molar-refractivity contribution in [3.8, 4) is 5.75 Å². The fourth-order valence-corrected chi connectivity index (χ4v) is 3.34. The fraction of sp³-hybridized carbons (Fsp3) is 0.350. The van der Waals surface area contributed by atoms with Crippen molar-refractivity contribution in [3.63, 3.8) is 0 Å². The minimum Gasteiger partial charge on any atom is -0.508 e. The lowest BCUT2D eigenvalue weighted by Gasteiger charge is -2.34. The van der Waals surface area contributed by atoms with Crippen LogP contribution in [0.15, 0.2) is 54.6 Å². The number of quaternary nitrogens is 1. The van der Waals surface area contributed by atoms with Gasteiger partial charge in [-0.3, -0.25) is 4.79 Å². The second-order valence-electron chi connectivity index (χ2n) is 6.40. The third kappa shape index (κ3) is 4.31. The highest BCUT2D eigenvalue weighted by atomic mass is 16.3. The lowest BCUT2D eigenvalue weighted by Crippen LogP contribution is -3.16. The van der Waals surface area contributed by atoms with Gasteiger partial charge in [0.25, 0.3) is 5.91 Å². The van der Waals surface area contributed by atoms with Crippen LogP contribution < -0.4 is 14.7 Å². The van der Waals surface area contributed by atoms with Crippen molar-refractivity contribution in [2.24, 2.45) is 0 Å². The summed E-state index contributed by atoms with van der Waals surface area (Å²) in [5.74, 6) is 0.473. The molecule has 25 heavy (non-hydrogen) atoms. The van der Waals surface area contributed by atoms with Gasteiger partial charge in [-0.2, -0.15) is 0 Å². The molecule has 2 aromatic carbocycles. The molecule has 132 valence electrons. The number of benzene rings is 2. The first-order valence-electron chi connectivity index (χ1n) is 8.90. The number of hydrogen-bond acceptors (Lipinski definition) is 3. The highest BCUT2D eigenvalue weighted by Crippen LogP contribution is 2.18. The number of phenolic OH excluding ortho intramolecular Hbond substituents is 1. The first-order valence-corrected chi connectivity index (χ1v) is 8.90. The fourth-order valence-electron chi connectivity index (χ4n) is 3.34. The molecule has 0 radical (unpaired) electrons. The van der Waals surface area contributed by atoms with Gasteiger partial charge in [-0.25, -0.2) is 0 Å². The van der Waals surface area contributed by atoms with Crippen molar-refractivity contribution in [3.05, 3.63) is 54.6 Å². The second kappa shape index (κ2) is 8.03. The molecule has 2 N–H and O–H groups in total. The number of piperazine rings is 1. The molecule has 1 fully saturated rings. The van der Waals surface area contributed by atoms with Gasteiger partial charge in [0.05, 0.1) is 26.2 Å². The first-order chi connectivity index (χ1) is 12.2. The van der Waals surface area contributed by atoms with E-state index in [-0.39, 0.29) is 5.91 Å². The monoisotopic (exact) mass is 340 g/mol. The van der Waals surface area contributed by atoms with Crippen LogP contribution >= 0.6 is 0 Å². The number of amides is 1. The van der Waals surface area contributed by atoms with Crippen LogP contribution in [0.3, 0.4) is 0 Å². The van der Waals surface area contributed by atoms with Gasteiger partial charge in [0, 0.05) is 17.9 Å². The summed E-state index contributed by atoms with van der Waals surface area (Å²) >= 11 is 0. The van der Waals surface area contributed by atoms with Crippen molar-refractivity contribution < 1.29 is 14.8 Å². The number of likely N-dealkylation sites (N-methyl/N-ethyl adjacent to an activating group) is 1. The molecule has 0 aromatic heterocycles. The summed E-state index contributed by atoms with van der Waals surface area (Å²) in [6.07, 6.45) is 0. The summed E-state index contributed by atoms with van der Waals surface area (Å²) in [5.41, 5.74) is 2.10. The number of carbonyl (C=O) groups is 1. The maximum absolute atomic E-state index is 12.7. The van der Waals surface area contributed by atoms with Crippen LogP contribution in [0.2, 0.25) is 0 Å². The second-order valence-corrected chi connectivity index (χ2v) is 6.40. The van der Waals surface area contributed by atoms with E-state index in [1.54, 1.807) is 12.1 Å². The molecule has 1 aliphatic rings. The molecule has 0 unspecified atom stereocenters. The average molecular weight is 340 g/mol. The highest BCUT2D eigenvalue weighted by Gasteiger charge is 2.25. The van der Waals surface area contributed by atoms with Crippen LogP contribution in [-0.4, -0.2) is 50.3 Å². The number of anilines is 2. The van der Waals surface area contributed by atoms with Gasteiger partial charge in [-0.1, -0.05) is 18.2 Å². The molecular weight excluding hydrogens is 314 g/mol. The van der Waals surface area contributed by atoms with E-state index in [0.29, 0.717) is 18.8 Å². The van der Waals surface area contributed by atoms with E-state index in [0.717, 1.165) is 37.6 Å². The Bertz CT molecular complexity index is 680. The lowest BCUT2D eigenvalue weighted by molar-refractivity contribution is -0.892. The summed E-state index contributed by atoms with van der Waals surface area (Å²) in [5, 5.41) is 9.40. The van der Waals surface area contributed by atoms with E-state index >= 15 is 0 Å². The summed E-state index contributed by atoms with van der Waals surface area (Å²) in [7, 11) is 0. The number of hydrogen-bond donors (Lipinski definition) is 2. The van der Waals surface area contributed by atoms with E-state index in [1.807, 2.05) is 54.3 Å². The summed E-state index contributed by atoms with van der Waals surface area (Å²) in [6.45, 7) is 6.97. The quantitative estimate of drug-likeness (QED) is 0.858. The van der Waals surface area contributed by atoms with Crippen molar-refractivity contribution >= 4 is 17.3 Å². The molecular formula is C20H26N3O2+. The van der Waals surface area contributed by atoms with Gasteiger partial charge in [-0.05, 0) is 43.3 Å². The Morgan fingerprint density at radius 2 is 1.72 bits per heavy atom.